The second-order valence-electron chi connectivity index (χ2n) is 5.52. The second kappa shape index (κ2) is 4.49. The minimum atomic E-state index is -0.253. The molecule has 4 rings (SSSR count). The van der Waals surface area contributed by atoms with Crippen molar-refractivity contribution >= 4 is 27.3 Å². The summed E-state index contributed by atoms with van der Waals surface area (Å²) in [5.74, 6) is -0.167. The number of nitrogens with one attached hydrogen (secondary N) is 2. The second-order valence-corrected chi connectivity index (χ2v) is 6.55. The van der Waals surface area contributed by atoms with E-state index in [9.17, 15) is 9.18 Å². The Morgan fingerprint density at radius 3 is 3.10 bits per heavy atom. The number of fused-ring (bicyclic) bond motifs is 3. The predicted octanol–water partition coefficient (Wildman–Crippen LogP) is 2.06. The summed E-state index contributed by atoms with van der Waals surface area (Å²) in [5.41, 5.74) is 0.363. The van der Waals surface area contributed by atoms with E-state index in [1.165, 1.54) is 12.5 Å². The van der Waals surface area contributed by atoms with Crippen molar-refractivity contribution in [2.75, 3.05) is 0 Å². The third kappa shape index (κ3) is 1.99. The van der Waals surface area contributed by atoms with Crippen molar-refractivity contribution < 1.29 is 9.18 Å². The quantitative estimate of drug-likeness (QED) is 0.890. The molecule has 2 N–H and O–H groups in total. The Bertz CT molecular complexity index is 686. The molecule has 2 aliphatic rings. The van der Waals surface area contributed by atoms with Crippen molar-refractivity contribution in [1.82, 2.24) is 15.6 Å². The van der Waals surface area contributed by atoms with Crippen LogP contribution in [0, 0.1) is 5.13 Å². The SMILES string of the molecule is O=C(N[C@@H]1C[C@H]2CC[C@@H]1N2)c1cc2sc(F)cc2cn1. The normalized spacial score (nSPS) is 28.1. The van der Waals surface area contributed by atoms with Gasteiger partial charge in [-0.2, -0.15) is 4.39 Å². The first kappa shape index (κ1) is 12.2. The van der Waals surface area contributed by atoms with Crippen LogP contribution in [-0.2, 0) is 0 Å². The molecule has 0 aromatic carbocycles. The molecule has 4 nitrogen and oxygen atoms in total. The predicted molar refractivity (Wildman–Crippen MR) is 75.4 cm³/mol. The van der Waals surface area contributed by atoms with Gasteiger partial charge in [-0.05, 0) is 31.4 Å². The fourth-order valence-electron chi connectivity index (χ4n) is 3.25. The summed E-state index contributed by atoms with van der Waals surface area (Å²) in [6.45, 7) is 0. The summed E-state index contributed by atoms with van der Waals surface area (Å²) in [5, 5.41) is 7.02. The van der Waals surface area contributed by atoms with Crippen LogP contribution in [0.3, 0.4) is 0 Å². The lowest BCUT2D eigenvalue weighted by Gasteiger charge is -2.21. The van der Waals surface area contributed by atoms with Crippen LogP contribution in [-0.4, -0.2) is 29.0 Å². The van der Waals surface area contributed by atoms with Crippen LogP contribution >= 0.6 is 11.3 Å². The molecule has 2 saturated heterocycles. The standard InChI is InChI=1S/C14H14FN3OS/c15-13-3-7-6-16-11(5-12(7)20-13)14(19)18-10-4-8-1-2-9(10)17-8/h3,5-6,8-10,17H,1-2,4H2,(H,18,19)/t8-,9+,10-/m1/s1. The van der Waals surface area contributed by atoms with Crippen molar-refractivity contribution in [2.24, 2.45) is 0 Å². The zero-order chi connectivity index (χ0) is 13.7. The molecule has 2 aliphatic heterocycles. The summed E-state index contributed by atoms with van der Waals surface area (Å²) >= 11 is 1.04. The van der Waals surface area contributed by atoms with E-state index in [1.54, 1.807) is 12.3 Å². The number of hydrogen-bond acceptors (Lipinski definition) is 4. The van der Waals surface area contributed by atoms with Gasteiger partial charge >= 0.3 is 0 Å². The van der Waals surface area contributed by atoms with E-state index in [0.29, 0.717) is 17.8 Å². The number of pyridine rings is 1. The Balaban J connectivity index is 1.54. The van der Waals surface area contributed by atoms with Crippen molar-refractivity contribution in [2.45, 2.75) is 37.4 Å². The van der Waals surface area contributed by atoms with Crippen molar-refractivity contribution in [1.29, 1.82) is 0 Å². The Morgan fingerprint density at radius 2 is 2.35 bits per heavy atom. The number of aromatic nitrogens is 1. The van der Waals surface area contributed by atoms with Crippen molar-refractivity contribution in [3.05, 3.63) is 29.2 Å². The monoisotopic (exact) mass is 291 g/mol. The summed E-state index contributed by atoms with van der Waals surface area (Å²) in [6.07, 6.45) is 4.88. The first-order valence-corrected chi connectivity index (χ1v) is 7.63. The summed E-state index contributed by atoms with van der Waals surface area (Å²) in [4.78, 5) is 16.4. The van der Waals surface area contributed by atoms with Gasteiger partial charge in [-0.1, -0.05) is 0 Å². The number of carbonyl (C=O) groups excluding carboxylic acids is 1. The van der Waals surface area contributed by atoms with E-state index in [2.05, 4.69) is 15.6 Å². The number of rotatable bonds is 2. The van der Waals surface area contributed by atoms with Gasteiger partial charge in [0.25, 0.3) is 5.91 Å². The molecule has 0 saturated carbocycles. The number of amides is 1. The van der Waals surface area contributed by atoms with Gasteiger partial charge in [0.15, 0.2) is 5.13 Å². The zero-order valence-electron chi connectivity index (χ0n) is 10.7. The van der Waals surface area contributed by atoms with Gasteiger partial charge in [0.1, 0.15) is 5.69 Å². The van der Waals surface area contributed by atoms with E-state index in [0.717, 1.165) is 34.3 Å². The molecule has 2 fully saturated rings. The van der Waals surface area contributed by atoms with Gasteiger partial charge in [-0.25, -0.2) is 0 Å². The topological polar surface area (TPSA) is 54.0 Å². The summed E-state index contributed by atoms with van der Waals surface area (Å²) < 4.78 is 13.9. The fraction of sp³-hybridized carbons (Fsp3) is 0.429. The van der Waals surface area contributed by atoms with Gasteiger partial charge in [0.2, 0.25) is 0 Å². The van der Waals surface area contributed by atoms with E-state index in [1.807, 2.05) is 0 Å². The van der Waals surface area contributed by atoms with Crippen molar-refractivity contribution in [3.63, 3.8) is 0 Å². The molecule has 0 unspecified atom stereocenters. The van der Waals surface area contributed by atoms with Crippen LogP contribution in [0.5, 0.6) is 0 Å². The Morgan fingerprint density at radius 1 is 1.45 bits per heavy atom. The Hall–Kier alpha value is -1.53. The molecule has 104 valence electrons. The third-order valence-corrected chi connectivity index (χ3v) is 5.11. The van der Waals surface area contributed by atoms with E-state index in [4.69, 9.17) is 0 Å². The molecular weight excluding hydrogens is 277 g/mol. The molecular formula is C14H14FN3OS. The highest BCUT2D eigenvalue weighted by molar-refractivity contribution is 7.17. The Labute approximate surface area is 119 Å². The van der Waals surface area contributed by atoms with E-state index < -0.39 is 0 Å². The average molecular weight is 291 g/mol. The largest absolute Gasteiger partial charge is 0.346 e. The number of thiophene rings is 1. The number of nitrogens with zero attached hydrogens (tertiary/aromatic N) is 1. The first-order chi connectivity index (χ1) is 9.69. The van der Waals surface area contributed by atoms with Crippen LogP contribution in [0.25, 0.3) is 10.1 Å². The average Bonchev–Trinajstić information content (AvgIpc) is 3.10. The highest BCUT2D eigenvalue weighted by Gasteiger charge is 2.39. The van der Waals surface area contributed by atoms with Crippen LogP contribution in [0.15, 0.2) is 18.3 Å². The minimum Gasteiger partial charge on any atom is -0.346 e. The van der Waals surface area contributed by atoms with Crippen molar-refractivity contribution in [3.8, 4) is 0 Å². The first-order valence-electron chi connectivity index (χ1n) is 6.81. The lowest BCUT2D eigenvalue weighted by atomic mass is 9.95. The van der Waals surface area contributed by atoms with E-state index in [-0.39, 0.29) is 17.1 Å². The number of halogens is 1. The molecule has 2 bridgehead atoms. The molecule has 4 heterocycles. The third-order valence-electron chi connectivity index (χ3n) is 4.22. The van der Waals surface area contributed by atoms with Crippen LogP contribution in [0.2, 0.25) is 0 Å². The maximum Gasteiger partial charge on any atom is 0.270 e. The molecule has 0 radical (unpaired) electrons. The van der Waals surface area contributed by atoms with E-state index >= 15 is 0 Å². The molecule has 0 spiro atoms. The maximum absolute atomic E-state index is 13.2. The minimum absolute atomic E-state index is 0.167. The van der Waals surface area contributed by atoms with Gasteiger partial charge in [-0.15, -0.1) is 11.3 Å². The van der Waals surface area contributed by atoms with Gasteiger partial charge < -0.3 is 10.6 Å². The van der Waals surface area contributed by atoms with Gasteiger partial charge in [-0.3, -0.25) is 9.78 Å². The molecule has 20 heavy (non-hydrogen) atoms. The summed E-state index contributed by atoms with van der Waals surface area (Å²) in [7, 11) is 0. The lowest BCUT2D eigenvalue weighted by Crippen LogP contribution is -2.43. The van der Waals surface area contributed by atoms with Crippen LogP contribution in [0.4, 0.5) is 4.39 Å². The van der Waals surface area contributed by atoms with Gasteiger partial charge in [0.05, 0.1) is 0 Å². The number of carbonyl (C=O) groups is 1. The van der Waals surface area contributed by atoms with Crippen LogP contribution < -0.4 is 10.6 Å². The summed E-state index contributed by atoms with van der Waals surface area (Å²) in [6, 6.07) is 4.24. The molecule has 3 atom stereocenters. The molecule has 2 aromatic rings. The zero-order valence-corrected chi connectivity index (χ0v) is 11.5. The lowest BCUT2D eigenvalue weighted by molar-refractivity contribution is 0.0926. The smallest absolute Gasteiger partial charge is 0.270 e. The maximum atomic E-state index is 13.2. The molecule has 0 aliphatic carbocycles. The molecule has 6 heteroatoms. The number of hydrogen-bond donors (Lipinski definition) is 2. The highest BCUT2D eigenvalue weighted by atomic mass is 32.1. The molecule has 2 aromatic heterocycles. The Kier molecular flexibility index (Phi) is 2.75. The van der Waals surface area contributed by atoms with Crippen LogP contribution in [0.1, 0.15) is 29.8 Å². The highest BCUT2D eigenvalue weighted by Crippen LogP contribution is 2.28. The van der Waals surface area contributed by atoms with Gasteiger partial charge in [0, 0.05) is 34.4 Å². The fourth-order valence-corrected chi connectivity index (χ4v) is 4.05. The molecule has 1 amide bonds.